The molecule has 32 heavy (non-hydrogen) atoms. The van der Waals surface area contributed by atoms with E-state index in [1.807, 2.05) is 0 Å². The Labute approximate surface area is 181 Å². The van der Waals surface area contributed by atoms with E-state index in [1.54, 1.807) is 28.9 Å². The normalized spacial score (nSPS) is 11.4. The third-order valence-corrected chi connectivity index (χ3v) is 4.84. The number of rotatable bonds is 6. The van der Waals surface area contributed by atoms with Crippen molar-refractivity contribution in [1.82, 2.24) is 14.4 Å². The van der Waals surface area contributed by atoms with Crippen molar-refractivity contribution in [2.45, 2.75) is 6.18 Å². The molecule has 10 heteroatoms. The van der Waals surface area contributed by atoms with Gasteiger partial charge in [-0.2, -0.15) is 13.2 Å². The predicted molar refractivity (Wildman–Crippen MR) is 113 cm³/mol. The smallest absolute Gasteiger partial charge is 0.416 e. The standard InChI is InChI=1S/C22H19F3N4O3/c1-30-17-9-13(10-18(31-2)19(17)32-3)16-12-27-21-20(26-7-8-29(16)21)28-15-6-4-5-14(11-15)22(23,24)25/h4-12H,1-3H3,(H,26,28). The Morgan fingerprint density at radius 1 is 0.938 bits per heavy atom. The molecule has 2 aromatic heterocycles. The van der Waals surface area contributed by atoms with Gasteiger partial charge >= 0.3 is 6.18 Å². The highest BCUT2D eigenvalue weighted by atomic mass is 19.4. The largest absolute Gasteiger partial charge is 0.493 e. The molecule has 4 rings (SSSR count). The van der Waals surface area contributed by atoms with Crippen LogP contribution in [0.5, 0.6) is 17.2 Å². The van der Waals surface area contributed by atoms with Gasteiger partial charge in [0.1, 0.15) is 0 Å². The second kappa shape index (κ2) is 8.29. The van der Waals surface area contributed by atoms with Crippen molar-refractivity contribution in [3.05, 3.63) is 60.6 Å². The molecule has 0 aliphatic rings. The predicted octanol–water partition coefficient (Wildman–Crippen LogP) is 5.18. The summed E-state index contributed by atoms with van der Waals surface area (Å²) in [6.45, 7) is 0. The third kappa shape index (κ3) is 3.86. The topological polar surface area (TPSA) is 69.9 Å². The van der Waals surface area contributed by atoms with Crippen LogP contribution < -0.4 is 19.5 Å². The molecular formula is C22H19F3N4O3. The number of methoxy groups -OCH3 is 3. The Hall–Kier alpha value is -3.95. The lowest BCUT2D eigenvalue weighted by Gasteiger charge is -2.14. The molecular weight excluding hydrogens is 425 g/mol. The summed E-state index contributed by atoms with van der Waals surface area (Å²) in [6, 6.07) is 8.46. The molecule has 0 unspecified atom stereocenters. The average Bonchev–Trinajstić information content (AvgIpc) is 3.23. The lowest BCUT2D eigenvalue weighted by molar-refractivity contribution is -0.137. The minimum atomic E-state index is -4.44. The number of nitrogens with zero attached hydrogens (tertiary/aromatic N) is 3. The molecule has 0 atom stereocenters. The van der Waals surface area contributed by atoms with Crippen molar-refractivity contribution in [1.29, 1.82) is 0 Å². The van der Waals surface area contributed by atoms with E-state index in [2.05, 4.69) is 15.3 Å². The van der Waals surface area contributed by atoms with Gasteiger partial charge < -0.3 is 19.5 Å². The van der Waals surface area contributed by atoms with Crippen LogP contribution in [-0.4, -0.2) is 35.7 Å². The summed E-state index contributed by atoms with van der Waals surface area (Å²) in [6.07, 6.45) is 0.434. The van der Waals surface area contributed by atoms with E-state index in [1.165, 1.54) is 39.7 Å². The number of halogens is 3. The van der Waals surface area contributed by atoms with Crippen molar-refractivity contribution < 1.29 is 27.4 Å². The number of imidazole rings is 1. The summed E-state index contributed by atoms with van der Waals surface area (Å²) >= 11 is 0. The third-order valence-electron chi connectivity index (χ3n) is 4.84. The first-order valence-corrected chi connectivity index (χ1v) is 9.42. The number of anilines is 2. The fourth-order valence-electron chi connectivity index (χ4n) is 3.36. The molecule has 0 saturated heterocycles. The molecule has 4 aromatic rings. The Balaban J connectivity index is 1.77. The lowest BCUT2D eigenvalue weighted by Crippen LogP contribution is -2.05. The zero-order chi connectivity index (χ0) is 22.9. The number of hydrogen-bond donors (Lipinski definition) is 1. The zero-order valence-corrected chi connectivity index (χ0v) is 17.4. The number of benzene rings is 2. The van der Waals surface area contributed by atoms with Crippen LogP contribution in [0.4, 0.5) is 24.7 Å². The van der Waals surface area contributed by atoms with Crippen molar-refractivity contribution >= 4 is 17.2 Å². The Morgan fingerprint density at radius 2 is 1.66 bits per heavy atom. The zero-order valence-electron chi connectivity index (χ0n) is 17.4. The van der Waals surface area contributed by atoms with Crippen molar-refractivity contribution in [3.8, 4) is 28.5 Å². The van der Waals surface area contributed by atoms with Crippen LogP contribution in [0.3, 0.4) is 0 Å². The highest BCUT2D eigenvalue weighted by molar-refractivity contribution is 5.76. The van der Waals surface area contributed by atoms with Gasteiger partial charge in [0.25, 0.3) is 0 Å². The first kappa shape index (κ1) is 21.3. The molecule has 0 radical (unpaired) electrons. The number of aromatic nitrogens is 3. The number of fused-ring (bicyclic) bond motifs is 1. The van der Waals surface area contributed by atoms with Crippen LogP contribution in [0.2, 0.25) is 0 Å². The van der Waals surface area contributed by atoms with Crippen LogP contribution in [0, 0.1) is 0 Å². The maximum absolute atomic E-state index is 13.0. The van der Waals surface area contributed by atoms with Crippen molar-refractivity contribution in [2.75, 3.05) is 26.6 Å². The summed E-state index contributed by atoms with van der Waals surface area (Å²) in [4.78, 5) is 8.67. The molecule has 0 aliphatic heterocycles. The SMILES string of the molecule is COc1cc(-c2cnc3c(Nc4cccc(C(F)(F)F)c4)nccn23)cc(OC)c1OC. The van der Waals surface area contributed by atoms with E-state index in [-0.39, 0.29) is 5.69 Å². The molecule has 0 amide bonds. The molecule has 0 saturated carbocycles. The van der Waals surface area contributed by atoms with Gasteiger partial charge in [-0.25, -0.2) is 9.97 Å². The maximum atomic E-state index is 13.0. The van der Waals surface area contributed by atoms with E-state index in [0.717, 1.165) is 17.7 Å². The lowest BCUT2D eigenvalue weighted by atomic mass is 10.1. The van der Waals surface area contributed by atoms with Gasteiger partial charge in [0.05, 0.1) is 38.8 Å². The molecule has 7 nitrogen and oxygen atoms in total. The fourth-order valence-corrected chi connectivity index (χ4v) is 3.36. The van der Waals surface area contributed by atoms with Gasteiger partial charge in [0, 0.05) is 23.6 Å². The van der Waals surface area contributed by atoms with Crippen LogP contribution in [0.1, 0.15) is 5.56 Å². The van der Waals surface area contributed by atoms with Gasteiger partial charge in [-0.05, 0) is 30.3 Å². The van der Waals surface area contributed by atoms with Crippen LogP contribution >= 0.6 is 0 Å². The van der Waals surface area contributed by atoms with Crippen molar-refractivity contribution in [2.24, 2.45) is 0 Å². The molecule has 0 aliphatic carbocycles. The van der Waals surface area contributed by atoms with E-state index in [0.29, 0.717) is 34.4 Å². The monoisotopic (exact) mass is 444 g/mol. The van der Waals surface area contributed by atoms with Crippen LogP contribution in [0.15, 0.2) is 55.0 Å². The second-order valence-electron chi connectivity index (χ2n) is 6.73. The molecule has 2 aromatic carbocycles. The molecule has 2 heterocycles. The summed E-state index contributed by atoms with van der Waals surface area (Å²) in [7, 11) is 4.57. The maximum Gasteiger partial charge on any atom is 0.416 e. The van der Waals surface area contributed by atoms with Crippen molar-refractivity contribution in [3.63, 3.8) is 0 Å². The Morgan fingerprint density at radius 3 is 2.28 bits per heavy atom. The molecule has 166 valence electrons. The molecule has 0 bridgehead atoms. The van der Waals surface area contributed by atoms with Crippen LogP contribution in [-0.2, 0) is 6.18 Å². The average molecular weight is 444 g/mol. The quantitative estimate of drug-likeness (QED) is 0.442. The van der Waals surface area contributed by atoms with Crippen LogP contribution in [0.25, 0.3) is 16.9 Å². The summed E-state index contributed by atoms with van der Waals surface area (Å²) in [5.74, 6) is 1.73. The molecule has 0 fully saturated rings. The molecule has 0 spiro atoms. The second-order valence-corrected chi connectivity index (χ2v) is 6.73. The van der Waals surface area contributed by atoms with Gasteiger partial charge in [0.15, 0.2) is 23.0 Å². The first-order chi connectivity index (χ1) is 15.4. The van der Waals surface area contributed by atoms with Gasteiger partial charge in [0.2, 0.25) is 5.75 Å². The molecule has 1 N–H and O–H groups in total. The van der Waals surface area contributed by atoms with Gasteiger partial charge in [-0.15, -0.1) is 0 Å². The number of hydrogen-bond acceptors (Lipinski definition) is 6. The number of alkyl halides is 3. The van der Waals surface area contributed by atoms with E-state index in [4.69, 9.17) is 14.2 Å². The highest BCUT2D eigenvalue weighted by Gasteiger charge is 2.30. The van der Waals surface area contributed by atoms with E-state index >= 15 is 0 Å². The van der Waals surface area contributed by atoms with E-state index < -0.39 is 11.7 Å². The summed E-state index contributed by atoms with van der Waals surface area (Å²) in [5, 5.41) is 2.92. The highest BCUT2D eigenvalue weighted by Crippen LogP contribution is 2.41. The first-order valence-electron chi connectivity index (χ1n) is 9.42. The number of ether oxygens (including phenoxy) is 3. The fraction of sp³-hybridized carbons (Fsp3) is 0.182. The minimum absolute atomic E-state index is 0.248. The van der Waals surface area contributed by atoms with Gasteiger partial charge in [-0.1, -0.05) is 6.07 Å². The number of nitrogens with one attached hydrogen (secondary N) is 1. The summed E-state index contributed by atoms with van der Waals surface area (Å²) < 4.78 is 57.1. The Kier molecular flexibility index (Phi) is 5.52. The minimum Gasteiger partial charge on any atom is -0.493 e. The van der Waals surface area contributed by atoms with Gasteiger partial charge in [-0.3, -0.25) is 4.40 Å². The van der Waals surface area contributed by atoms with E-state index in [9.17, 15) is 13.2 Å². The Bertz CT molecular complexity index is 1250. The summed E-state index contributed by atoms with van der Waals surface area (Å²) in [5.41, 5.74) is 1.37.